The van der Waals surface area contributed by atoms with Crippen LogP contribution in [-0.2, 0) is 19.8 Å². The van der Waals surface area contributed by atoms with Gasteiger partial charge in [-0.3, -0.25) is 9.78 Å². The van der Waals surface area contributed by atoms with Crippen molar-refractivity contribution in [3.05, 3.63) is 36.0 Å². The fourth-order valence-corrected chi connectivity index (χ4v) is 4.48. The second-order valence-corrected chi connectivity index (χ2v) is 8.68. The van der Waals surface area contributed by atoms with E-state index < -0.39 is 12.0 Å². The van der Waals surface area contributed by atoms with E-state index >= 15 is 0 Å². The third-order valence-electron chi connectivity index (χ3n) is 4.79. The van der Waals surface area contributed by atoms with Crippen molar-refractivity contribution in [3.63, 3.8) is 0 Å². The van der Waals surface area contributed by atoms with Gasteiger partial charge in [0, 0.05) is 23.7 Å². The minimum absolute atomic E-state index is 0.00734. The fourth-order valence-electron chi connectivity index (χ4n) is 3.23. The van der Waals surface area contributed by atoms with Crippen LogP contribution in [0, 0.1) is 0 Å². The highest BCUT2D eigenvalue weighted by molar-refractivity contribution is 8.15. The molecule has 0 fully saturated rings. The summed E-state index contributed by atoms with van der Waals surface area (Å²) >= 11 is 1.61. The highest BCUT2D eigenvalue weighted by atomic mass is 32.2. The Labute approximate surface area is 163 Å². The van der Waals surface area contributed by atoms with Gasteiger partial charge >= 0.3 is 0 Å². The summed E-state index contributed by atoms with van der Waals surface area (Å²) in [4.78, 5) is 21.6. The standard InChI is InChI=1S/C18H25N5O3S/c1-5-17(2)10-18(3,23-15(19)27-17)13-8-11(6-7-20-13)21-14(24)12-9-26-16(22-12)25-4/h6-9,16,22H,5,10H2,1-4H3,(H2,19,23)(H,20,21,24)/t16?,17?,18-/m0/s1. The van der Waals surface area contributed by atoms with Gasteiger partial charge in [-0.25, -0.2) is 4.99 Å². The van der Waals surface area contributed by atoms with Gasteiger partial charge in [-0.2, -0.15) is 0 Å². The lowest BCUT2D eigenvalue weighted by Crippen LogP contribution is -2.40. The molecular formula is C18H25N5O3S. The molecule has 3 heterocycles. The Bertz CT molecular complexity index is 799. The van der Waals surface area contributed by atoms with Crippen LogP contribution in [0.5, 0.6) is 0 Å². The monoisotopic (exact) mass is 391 g/mol. The molecule has 3 atom stereocenters. The molecule has 9 heteroatoms. The van der Waals surface area contributed by atoms with Gasteiger partial charge < -0.3 is 25.8 Å². The molecule has 2 aliphatic rings. The Balaban J connectivity index is 1.79. The molecule has 1 aromatic heterocycles. The van der Waals surface area contributed by atoms with E-state index in [-0.39, 0.29) is 10.7 Å². The lowest BCUT2D eigenvalue weighted by molar-refractivity contribution is -0.114. The normalized spacial score (nSPS) is 30.0. The highest BCUT2D eigenvalue weighted by Gasteiger charge is 2.41. The van der Waals surface area contributed by atoms with Gasteiger partial charge in [0.05, 0.1) is 5.69 Å². The molecule has 27 heavy (non-hydrogen) atoms. The summed E-state index contributed by atoms with van der Waals surface area (Å²) in [5, 5.41) is 6.22. The number of pyridine rings is 1. The summed E-state index contributed by atoms with van der Waals surface area (Å²) in [6.07, 6.45) is 4.13. The number of hydrogen-bond donors (Lipinski definition) is 3. The lowest BCUT2D eigenvalue weighted by atomic mass is 9.85. The van der Waals surface area contributed by atoms with E-state index in [4.69, 9.17) is 15.2 Å². The summed E-state index contributed by atoms with van der Waals surface area (Å²) < 4.78 is 10.1. The largest absolute Gasteiger partial charge is 0.452 e. The number of nitrogens with zero attached hydrogens (tertiary/aromatic N) is 2. The van der Waals surface area contributed by atoms with Gasteiger partial charge in [0.1, 0.15) is 17.5 Å². The van der Waals surface area contributed by atoms with E-state index in [1.807, 2.05) is 13.0 Å². The molecule has 4 N–H and O–H groups in total. The SMILES string of the molecule is CCC1(C)C[C@@](C)(c2cc(NC(=O)C3=COC(OC)N3)ccn2)N=C(N)S1. The number of thioether (sulfide) groups is 1. The number of nitrogens with two attached hydrogens (primary N) is 1. The first kappa shape index (κ1) is 19.5. The van der Waals surface area contributed by atoms with Crippen LogP contribution in [0.4, 0.5) is 5.69 Å². The van der Waals surface area contributed by atoms with Crippen LogP contribution in [-0.4, -0.2) is 34.3 Å². The minimum Gasteiger partial charge on any atom is -0.452 e. The third-order valence-corrected chi connectivity index (χ3v) is 6.01. The lowest BCUT2D eigenvalue weighted by Gasteiger charge is -2.40. The maximum atomic E-state index is 12.4. The molecule has 0 spiro atoms. The van der Waals surface area contributed by atoms with Crippen molar-refractivity contribution in [3.8, 4) is 0 Å². The number of aromatic nitrogens is 1. The van der Waals surface area contributed by atoms with Gasteiger partial charge in [-0.1, -0.05) is 18.7 Å². The Morgan fingerprint density at radius 1 is 1.56 bits per heavy atom. The zero-order valence-electron chi connectivity index (χ0n) is 15.9. The number of carbonyl (C=O) groups excluding carboxylic acids is 1. The molecular weight excluding hydrogens is 366 g/mol. The molecule has 0 saturated carbocycles. The van der Waals surface area contributed by atoms with Crippen molar-refractivity contribution in [1.29, 1.82) is 0 Å². The van der Waals surface area contributed by atoms with Gasteiger partial charge in [-0.05, 0) is 38.8 Å². The molecule has 8 nitrogen and oxygen atoms in total. The van der Waals surface area contributed by atoms with Crippen molar-refractivity contribution in [1.82, 2.24) is 10.3 Å². The molecule has 2 unspecified atom stereocenters. The van der Waals surface area contributed by atoms with E-state index in [0.29, 0.717) is 16.6 Å². The Morgan fingerprint density at radius 2 is 2.33 bits per heavy atom. The van der Waals surface area contributed by atoms with Crippen LogP contribution in [0.15, 0.2) is 35.3 Å². The number of aliphatic imine (C=N–C) groups is 1. The average molecular weight is 391 g/mol. The first-order valence-corrected chi connectivity index (χ1v) is 9.56. The van der Waals surface area contributed by atoms with Crippen LogP contribution in [0.1, 0.15) is 39.3 Å². The second-order valence-electron chi connectivity index (χ2n) is 7.07. The zero-order chi connectivity index (χ0) is 19.7. The highest BCUT2D eigenvalue weighted by Crippen LogP contribution is 2.46. The summed E-state index contributed by atoms with van der Waals surface area (Å²) in [5.41, 5.74) is 7.24. The number of carbonyl (C=O) groups is 1. The van der Waals surface area contributed by atoms with Crippen LogP contribution in [0.3, 0.4) is 0 Å². The molecule has 146 valence electrons. The van der Waals surface area contributed by atoms with Crippen molar-refractivity contribution in [2.24, 2.45) is 10.7 Å². The van der Waals surface area contributed by atoms with Crippen LogP contribution in [0.2, 0.25) is 0 Å². The Kier molecular flexibility index (Phi) is 5.34. The molecule has 0 saturated heterocycles. The molecule has 0 radical (unpaired) electrons. The van der Waals surface area contributed by atoms with Crippen molar-refractivity contribution >= 4 is 28.5 Å². The molecule has 3 rings (SSSR count). The van der Waals surface area contributed by atoms with E-state index in [0.717, 1.165) is 18.5 Å². The quantitative estimate of drug-likeness (QED) is 0.706. The molecule has 0 aliphatic carbocycles. The molecule has 1 amide bonds. The first-order valence-electron chi connectivity index (χ1n) is 8.74. The number of amidine groups is 1. The average Bonchev–Trinajstić information content (AvgIpc) is 3.10. The van der Waals surface area contributed by atoms with Crippen LogP contribution < -0.4 is 16.4 Å². The van der Waals surface area contributed by atoms with Crippen molar-refractivity contribution in [2.75, 3.05) is 12.4 Å². The van der Waals surface area contributed by atoms with Gasteiger partial charge in [0.25, 0.3) is 12.3 Å². The molecule has 1 aromatic rings. The summed E-state index contributed by atoms with van der Waals surface area (Å²) in [6, 6.07) is 3.57. The van der Waals surface area contributed by atoms with Crippen molar-refractivity contribution in [2.45, 2.75) is 50.3 Å². The number of nitrogens with one attached hydrogen (secondary N) is 2. The summed E-state index contributed by atoms with van der Waals surface area (Å²) in [7, 11) is 1.49. The fraction of sp³-hybridized carbons (Fsp3) is 0.500. The van der Waals surface area contributed by atoms with Crippen LogP contribution in [0.25, 0.3) is 0 Å². The topological polar surface area (TPSA) is 111 Å². The summed E-state index contributed by atoms with van der Waals surface area (Å²) in [5.74, 6) is -0.322. The van der Waals surface area contributed by atoms with E-state index in [2.05, 4.69) is 34.5 Å². The number of hydrogen-bond acceptors (Lipinski definition) is 8. The number of amides is 1. The van der Waals surface area contributed by atoms with Crippen molar-refractivity contribution < 1.29 is 14.3 Å². The molecule has 2 aliphatic heterocycles. The Morgan fingerprint density at radius 3 is 3.00 bits per heavy atom. The van der Waals surface area contributed by atoms with Crippen LogP contribution >= 0.6 is 11.8 Å². The number of methoxy groups -OCH3 is 1. The maximum Gasteiger partial charge on any atom is 0.280 e. The summed E-state index contributed by atoms with van der Waals surface area (Å²) in [6.45, 7) is 6.36. The van der Waals surface area contributed by atoms with Gasteiger partial charge in [0.2, 0.25) is 0 Å². The predicted octanol–water partition coefficient (Wildman–Crippen LogP) is 2.25. The second kappa shape index (κ2) is 7.40. The number of rotatable bonds is 5. The predicted molar refractivity (Wildman–Crippen MR) is 106 cm³/mol. The van der Waals surface area contributed by atoms with Gasteiger partial charge in [0.15, 0.2) is 5.17 Å². The minimum atomic E-state index is -0.651. The number of anilines is 1. The van der Waals surface area contributed by atoms with E-state index in [9.17, 15) is 4.79 Å². The smallest absolute Gasteiger partial charge is 0.280 e. The Hall–Kier alpha value is -2.26. The number of ether oxygens (including phenoxy) is 2. The van der Waals surface area contributed by atoms with E-state index in [1.165, 1.54) is 13.4 Å². The molecule has 0 bridgehead atoms. The molecule has 0 aromatic carbocycles. The van der Waals surface area contributed by atoms with E-state index in [1.54, 1.807) is 24.0 Å². The first-order chi connectivity index (χ1) is 12.8. The maximum absolute atomic E-state index is 12.4. The zero-order valence-corrected chi connectivity index (χ0v) is 16.7. The van der Waals surface area contributed by atoms with Gasteiger partial charge in [-0.15, -0.1) is 0 Å². The third kappa shape index (κ3) is 4.19.